The number of carbonyl (C=O) groups is 1. The molecule has 0 radical (unpaired) electrons. The zero-order valence-electron chi connectivity index (χ0n) is 4.66. The summed E-state index contributed by atoms with van der Waals surface area (Å²) in [5.41, 5.74) is 4.94. The Kier molecular flexibility index (Phi) is 6.52. The lowest BCUT2D eigenvalue weighted by Crippen LogP contribution is -2.31. The Balaban J connectivity index is 0. The molecule has 0 aromatic carbocycles. The third-order valence-corrected chi connectivity index (χ3v) is 0.907. The van der Waals surface area contributed by atoms with Gasteiger partial charge < -0.3 is 17.0 Å². The maximum Gasteiger partial charge on any atom is 0.321 e. The van der Waals surface area contributed by atoms with Crippen molar-refractivity contribution in [1.29, 1.82) is 0 Å². The molecule has 5 heteroatoms. The summed E-state index contributed by atoms with van der Waals surface area (Å²) < 4.78 is 0. The number of rotatable bonds is 2. The second kappa shape index (κ2) is 4.89. The van der Waals surface area contributed by atoms with Gasteiger partial charge in [0.25, 0.3) is 0 Å². The van der Waals surface area contributed by atoms with E-state index in [2.05, 4.69) is 12.6 Å². The molecule has 8 heavy (non-hydrogen) atoms. The number of thiol groups is 1. The van der Waals surface area contributed by atoms with Gasteiger partial charge in [-0.1, -0.05) is 0 Å². The molecule has 1 atom stereocenters. The molecule has 0 aliphatic rings. The van der Waals surface area contributed by atoms with Crippen molar-refractivity contribution in [2.24, 2.45) is 5.73 Å². The van der Waals surface area contributed by atoms with E-state index in [0.29, 0.717) is 0 Å². The van der Waals surface area contributed by atoms with Crippen LogP contribution in [0.2, 0.25) is 0 Å². The molecule has 0 aromatic rings. The molecule has 0 bridgehead atoms. The Hall–Kier alpha value is -0.260. The van der Waals surface area contributed by atoms with Crippen LogP contribution in [0.1, 0.15) is 0 Å². The van der Waals surface area contributed by atoms with Crippen LogP contribution in [0.4, 0.5) is 0 Å². The van der Waals surface area contributed by atoms with Gasteiger partial charge in [0.05, 0.1) is 0 Å². The Labute approximate surface area is 53.1 Å². The molecular weight excluding hydrogens is 128 g/mol. The molecule has 0 saturated carbocycles. The molecule has 0 aromatic heterocycles. The monoisotopic (exact) mass is 139 g/mol. The molecular formula is C3H11N2O2S+. The van der Waals surface area contributed by atoms with Crippen LogP contribution in [-0.2, 0) is 4.79 Å². The fraction of sp³-hybridized carbons (Fsp3) is 0.667. The number of aliphatic carboxylic acids is 1. The van der Waals surface area contributed by atoms with Crippen LogP contribution >= 0.6 is 12.6 Å². The van der Waals surface area contributed by atoms with E-state index in [9.17, 15) is 4.79 Å². The van der Waals surface area contributed by atoms with Crippen LogP contribution in [0.5, 0.6) is 0 Å². The minimum absolute atomic E-state index is 0. The molecule has 0 aliphatic carbocycles. The van der Waals surface area contributed by atoms with Gasteiger partial charge in [-0.2, -0.15) is 12.6 Å². The first-order chi connectivity index (χ1) is 3.18. The molecule has 4 nitrogen and oxygen atoms in total. The van der Waals surface area contributed by atoms with Crippen LogP contribution in [0.15, 0.2) is 0 Å². The Morgan fingerprint density at radius 3 is 2.25 bits per heavy atom. The molecule has 50 valence electrons. The van der Waals surface area contributed by atoms with Crippen molar-refractivity contribution in [3.8, 4) is 0 Å². The number of quaternary nitrogens is 1. The lowest BCUT2D eigenvalue weighted by Gasteiger charge is -1.96. The van der Waals surface area contributed by atoms with E-state index < -0.39 is 12.0 Å². The molecule has 0 aliphatic heterocycles. The molecule has 0 saturated heterocycles. The molecule has 0 heterocycles. The van der Waals surface area contributed by atoms with Gasteiger partial charge in [-0.25, -0.2) is 0 Å². The highest BCUT2D eigenvalue weighted by atomic mass is 32.1. The predicted octanol–water partition coefficient (Wildman–Crippen LogP) is -0.296. The molecule has 7 N–H and O–H groups in total. The van der Waals surface area contributed by atoms with Crippen LogP contribution < -0.4 is 11.9 Å². The third-order valence-electron chi connectivity index (χ3n) is 0.514. The molecule has 0 amide bonds. The van der Waals surface area contributed by atoms with Crippen molar-refractivity contribution >= 4 is 18.6 Å². The Morgan fingerprint density at radius 2 is 2.25 bits per heavy atom. The Bertz CT molecular complexity index is 77.7. The van der Waals surface area contributed by atoms with Crippen LogP contribution in [-0.4, -0.2) is 22.9 Å². The predicted molar refractivity (Wildman–Crippen MR) is 35.4 cm³/mol. The van der Waals surface area contributed by atoms with Crippen molar-refractivity contribution in [3.05, 3.63) is 0 Å². The van der Waals surface area contributed by atoms with Gasteiger partial charge >= 0.3 is 5.97 Å². The van der Waals surface area contributed by atoms with E-state index >= 15 is 0 Å². The maximum absolute atomic E-state index is 9.76. The highest BCUT2D eigenvalue weighted by molar-refractivity contribution is 7.80. The van der Waals surface area contributed by atoms with Crippen molar-refractivity contribution < 1.29 is 9.90 Å². The van der Waals surface area contributed by atoms with Crippen molar-refractivity contribution in [1.82, 2.24) is 6.15 Å². The van der Waals surface area contributed by atoms with E-state index in [-0.39, 0.29) is 11.9 Å². The van der Waals surface area contributed by atoms with Gasteiger partial charge in [-0.15, -0.1) is 0 Å². The van der Waals surface area contributed by atoms with Crippen LogP contribution in [0, 0.1) is 0 Å². The smallest absolute Gasteiger partial charge is 0.321 e. The van der Waals surface area contributed by atoms with Crippen molar-refractivity contribution in [2.75, 3.05) is 5.75 Å². The number of carboxylic acids is 1. The summed E-state index contributed by atoms with van der Waals surface area (Å²) in [6, 6.07) is -0.816. The fourth-order valence-electron chi connectivity index (χ4n) is 0.0781. The quantitative estimate of drug-likeness (QED) is 0.395. The average Bonchev–Trinajstić information content (AvgIpc) is 1.65. The number of hydrogen-bond donors (Lipinski definition) is 4. The normalized spacial score (nSPS) is 11.8. The summed E-state index contributed by atoms with van der Waals surface area (Å²) >= 11 is 3.65. The molecule has 0 rings (SSSR count). The molecule has 1 unspecified atom stereocenters. The standard InChI is InChI=1S/C3H7NO2S.H3N/c4-2(1-7)3(5)6;/h2,7H,1,4H2,(H,5,6);1H3/p+1. The van der Waals surface area contributed by atoms with Gasteiger partial charge in [0.1, 0.15) is 6.04 Å². The maximum atomic E-state index is 9.76. The summed E-state index contributed by atoms with van der Waals surface area (Å²) in [5, 5.41) is 8.01. The SMILES string of the molecule is NC(CS)C(=O)O.[NH4+]. The lowest BCUT2D eigenvalue weighted by atomic mass is 10.4. The minimum atomic E-state index is -1.00. The fourth-order valence-corrected chi connectivity index (χ4v) is 0.234. The van der Waals surface area contributed by atoms with Crippen LogP contribution in [0.3, 0.4) is 0 Å². The first kappa shape index (κ1) is 10.7. The zero-order valence-corrected chi connectivity index (χ0v) is 5.56. The van der Waals surface area contributed by atoms with E-state index in [4.69, 9.17) is 10.8 Å². The summed E-state index contributed by atoms with van der Waals surface area (Å²) in [6.45, 7) is 0. The van der Waals surface area contributed by atoms with E-state index in [0.717, 1.165) is 0 Å². The molecule has 0 spiro atoms. The van der Waals surface area contributed by atoms with Gasteiger partial charge in [-0.3, -0.25) is 4.79 Å². The highest BCUT2D eigenvalue weighted by Crippen LogP contribution is 1.80. The summed E-state index contributed by atoms with van der Waals surface area (Å²) in [4.78, 5) is 9.76. The molecule has 0 fully saturated rings. The van der Waals surface area contributed by atoms with E-state index in [1.807, 2.05) is 0 Å². The second-order valence-electron chi connectivity index (χ2n) is 1.13. The van der Waals surface area contributed by atoms with Gasteiger partial charge in [-0.05, 0) is 0 Å². The zero-order chi connectivity index (χ0) is 5.86. The third kappa shape index (κ3) is 3.91. The lowest BCUT2D eigenvalue weighted by molar-refractivity contribution is -0.137. The van der Waals surface area contributed by atoms with Gasteiger partial charge in [0.2, 0.25) is 0 Å². The van der Waals surface area contributed by atoms with Crippen molar-refractivity contribution in [2.45, 2.75) is 6.04 Å². The minimum Gasteiger partial charge on any atom is -0.480 e. The van der Waals surface area contributed by atoms with Crippen LogP contribution in [0.25, 0.3) is 0 Å². The number of carboxylic acid groups (broad SMARTS) is 1. The van der Waals surface area contributed by atoms with E-state index in [1.54, 1.807) is 0 Å². The average molecular weight is 139 g/mol. The summed E-state index contributed by atoms with van der Waals surface area (Å²) in [6.07, 6.45) is 0. The van der Waals surface area contributed by atoms with Gasteiger partial charge in [0.15, 0.2) is 0 Å². The first-order valence-corrected chi connectivity index (χ1v) is 2.41. The Morgan fingerprint density at radius 1 is 1.88 bits per heavy atom. The first-order valence-electron chi connectivity index (χ1n) is 1.77. The number of nitrogens with two attached hydrogens (primary N) is 1. The van der Waals surface area contributed by atoms with E-state index in [1.165, 1.54) is 0 Å². The summed E-state index contributed by atoms with van der Waals surface area (Å²) in [7, 11) is 0. The van der Waals surface area contributed by atoms with Gasteiger partial charge in [0, 0.05) is 5.75 Å². The highest BCUT2D eigenvalue weighted by Gasteiger charge is 2.06. The second-order valence-corrected chi connectivity index (χ2v) is 1.49. The largest absolute Gasteiger partial charge is 0.480 e. The van der Waals surface area contributed by atoms with Crippen molar-refractivity contribution in [3.63, 3.8) is 0 Å². The number of hydrogen-bond acceptors (Lipinski definition) is 3. The summed E-state index contributed by atoms with van der Waals surface area (Å²) in [5.74, 6) is -0.815. The topological polar surface area (TPSA) is 99.8 Å².